The molecule has 0 fully saturated rings. The first-order chi connectivity index (χ1) is 42.9. The van der Waals surface area contributed by atoms with Crippen LogP contribution in [0.5, 0.6) is 5.75 Å². The molecule has 0 aliphatic carbocycles. The monoisotopic (exact) mass is 1300 g/mol. The molecule has 0 bridgehead atoms. The van der Waals surface area contributed by atoms with E-state index in [1.165, 1.54) is 45.0 Å². The molecule has 12 atom stereocenters. The molecule has 514 valence electrons. The topological polar surface area (TPSA) is 571 Å². The van der Waals surface area contributed by atoms with Crippen LogP contribution in [0.25, 0.3) is 0 Å². The van der Waals surface area contributed by atoms with Crippen molar-refractivity contribution in [2.24, 2.45) is 51.4 Å². The Balaban J connectivity index is 3.39. The average Bonchev–Trinajstić information content (AvgIpc) is 1.01. The summed E-state index contributed by atoms with van der Waals surface area (Å²) in [6.45, 7) is 14.8. The van der Waals surface area contributed by atoms with E-state index < -0.39 is 193 Å². The molecule has 0 aromatic heterocycles. The Labute approximate surface area is 533 Å². The highest BCUT2D eigenvalue weighted by Crippen LogP contribution is 2.15. The van der Waals surface area contributed by atoms with Crippen molar-refractivity contribution < 1.29 is 82.1 Å². The molecule has 0 saturated carbocycles. The van der Waals surface area contributed by atoms with E-state index >= 15 is 0 Å². The number of carbonyl (C=O) groups is 15. The van der Waals surface area contributed by atoms with Gasteiger partial charge in [-0.3, -0.25) is 76.9 Å². The predicted molar refractivity (Wildman–Crippen MR) is 332 cm³/mol. The molecule has 14 amide bonds. The summed E-state index contributed by atoms with van der Waals surface area (Å²) in [5, 5.41) is 46.5. The molecule has 0 aliphatic rings. The van der Waals surface area contributed by atoms with Crippen molar-refractivity contribution in [3.8, 4) is 5.75 Å². The number of phenols is 1. The molecular weight excluding hydrogens is 1210 g/mol. The Morgan fingerprint density at radius 3 is 1.29 bits per heavy atom. The number of guanidine groups is 1. The largest absolute Gasteiger partial charge is 0.508 e. The Hall–Kier alpha value is -9.66. The molecular formula is C58H95N17O17. The van der Waals surface area contributed by atoms with Gasteiger partial charge in [-0.05, 0) is 94.7 Å². The predicted octanol–water partition coefficient (Wildman–Crippen LogP) is -4.97. The molecule has 23 N–H and O–H groups in total. The standard InChI is InChI=1S/C58H95N17O17/c1-11-29(6)46(57(92)71-39(20-23-44(80)81)52(87)72-40(47(61)82)26-34-14-16-35(77)17-15-34)75-50(85)32(9)66-55(90)41(25-27(2)3)73-53(88)38(19-22-43(60)79)70-51(86)36(13-12-24-64-58(62)63)69-49(84)31(8)65-48(83)30(7)67-56(91)45(28(4)5)74-54(89)37(68-33(10)76)18-21-42(59)78/h14-17,27-32,36-41,45-46,77H,11-13,18-26H2,1-10H3,(H2,59,78)(H2,60,79)(H2,61,82)(H,65,83)(H,66,90)(H,67,91)(H,68,76)(H,69,84)(H,70,86)(H,71,92)(H,72,87)(H,73,88)(H,74,89)(H,75,85)(H,80,81)(H4,62,63,64)/t29-,30-,31-,32-,36-,37-,38-,39-,40-,41-,45-,46-/m0/s1. The first-order valence-electron chi connectivity index (χ1n) is 30.1. The number of benzene rings is 1. The fraction of sp³-hybridized carbons (Fsp3) is 0.621. The van der Waals surface area contributed by atoms with Crippen LogP contribution in [0.2, 0.25) is 0 Å². The number of hydrogen-bond donors (Lipinski definition) is 18. The third-order valence-electron chi connectivity index (χ3n) is 14.2. The molecule has 0 saturated heterocycles. The van der Waals surface area contributed by atoms with Crippen LogP contribution in [-0.4, -0.2) is 178 Å². The number of primary amides is 3. The van der Waals surface area contributed by atoms with Crippen LogP contribution in [0.15, 0.2) is 29.3 Å². The molecule has 0 heterocycles. The highest BCUT2D eigenvalue weighted by atomic mass is 16.4. The number of carboxylic acid groups (broad SMARTS) is 1. The van der Waals surface area contributed by atoms with E-state index in [2.05, 4.69) is 63.5 Å². The van der Waals surface area contributed by atoms with E-state index in [4.69, 9.17) is 28.7 Å². The van der Waals surface area contributed by atoms with Crippen LogP contribution < -0.4 is 87.2 Å². The molecule has 34 nitrogen and oxygen atoms in total. The van der Waals surface area contributed by atoms with Gasteiger partial charge in [0, 0.05) is 39.2 Å². The Kier molecular flexibility index (Phi) is 35.1. The quantitative estimate of drug-likeness (QED) is 0.0166. The van der Waals surface area contributed by atoms with Crippen molar-refractivity contribution in [2.75, 3.05) is 6.54 Å². The van der Waals surface area contributed by atoms with E-state index in [-0.39, 0.29) is 69.1 Å². The molecule has 1 rings (SSSR count). The number of nitrogens with two attached hydrogens (primary N) is 5. The lowest BCUT2D eigenvalue weighted by Gasteiger charge is -2.29. The maximum absolute atomic E-state index is 14.2. The number of carboxylic acids is 1. The molecule has 0 spiro atoms. The van der Waals surface area contributed by atoms with Crippen molar-refractivity contribution in [1.29, 1.82) is 0 Å². The second kappa shape index (κ2) is 40.2. The number of amides is 14. The minimum Gasteiger partial charge on any atom is -0.508 e. The van der Waals surface area contributed by atoms with Gasteiger partial charge in [0.25, 0.3) is 0 Å². The van der Waals surface area contributed by atoms with Crippen LogP contribution in [0, 0.1) is 17.8 Å². The number of carbonyl (C=O) groups excluding carboxylic acids is 14. The normalized spacial score (nSPS) is 14.9. The summed E-state index contributed by atoms with van der Waals surface area (Å²) in [6.07, 6.45) is -2.41. The van der Waals surface area contributed by atoms with Crippen LogP contribution in [0.1, 0.15) is 139 Å². The van der Waals surface area contributed by atoms with Gasteiger partial charge >= 0.3 is 5.97 Å². The first-order valence-corrected chi connectivity index (χ1v) is 30.1. The number of aliphatic carboxylic acids is 1. The maximum atomic E-state index is 14.2. The minimum atomic E-state index is -1.61. The summed E-state index contributed by atoms with van der Waals surface area (Å²) in [4.78, 5) is 201. The summed E-state index contributed by atoms with van der Waals surface area (Å²) < 4.78 is 0. The van der Waals surface area contributed by atoms with Crippen LogP contribution in [0.4, 0.5) is 0 Å². The van der Waals surface area contributed by atoms with Crippen molar-refractivity contribution in [3.05, 3.63) is 29.8 Å². The number of phenolic OH excluding ortho intramolecular Hbond substituents is 1. The molecule has 0 unspecified atom stereocenters. The Bertz CT molecular complexity index is 2800. The number of nitrogens with one attached hydrogen (secondary N) is 11. The van der Waals surface area contributed by atoms with E-state index in [1.807, 2.05) is 0 Å². The minimum absolute atomic E-state index is 0.0392. The smallest absolute Gasteiger partial charge is 0.303 e. The zero-order chi connectivity index (χ0) is 70.3. The van der Waals surface area contributed by atoms with Gasteiger partial charge in [0.1, 0.15) is 72.2 Å². The first kappa shape index (κ1) is 80.4. The highest BCUT2D eigenvalue weighted by Gasteiger charge is 2.37. The van der Waals surface area contributed by atoms with Gasteiger partial charge in [-0.25, -0.2) is 0 Å². The summed E-state index contributed by atoms with van der Waals surface area (Å²) in [6, 6.07) is -9.76. The SMILES string of the molecule is CC[C@H](C)[C@H](NC(=O)[C@H](C)NC(=O)[C@H](CC(C)C)NC(=O)[C@H](CCC(N)=O)NC(=O)[C@H](CCCN=C(N)N)NC(=O)[C@H](C)NC(=O)[C@H](C)NC(=O)[C@@H](NC(=O)[C@H](CCC(N)=O)NC(C)=O)C(C)C)C(=O)N[C@@H](CCC(=O)O)C(=O)N[C@@H](Cc1ccc(O)cc1)C(N)=O. The number of rotatable bonds is 42. The summed E-state index contributed by atoms with van der Waals surface area (Å²) in [5.41, 5.74) is 27.7. The van der Waals surface area contributed by atoms with Gasteiger partial charge in [-0.2, -0.15) is 0 Å². The highest BCUT2D eigenvalue weighted by molar-refractivity contribution is 5.99. The second-order valence-electron chi connectivity index (χ2n) is 23.1. The van der Waals surface area contributed by atoms with Gasteiger partial charge < -0.3 is 97.4 Å². The third kappa shape index (κ3) is 30.7. The molecule has 0 aliphatic heterocycles. The average molecular weight is 1300 g/mol. The molecule has 92 heavy (non-hydrogen) atoms. The van der Waals surface area contributed by atoms with Gasteiger partial charge in [-0.15, -0.1) is 0 Å². The van der Waals surface area contributed by atoms with Crippen molar-refractivity contribution in [2.45, 2.75) is 206 Å². The van der Waals surface area contributed by atoms with Crippen molar-refractivity contribution >= 4 is 94.6 Å². The zero-order valence-electron chi connectivity index (χ0n) is 53.7. The summed E-state index contributed by atoms with van der Waals surface area (Å²) >= 11 is 0. The van der Waals surface area contributed by atoms with Gasteiger partial charge in [0.05, 0.1) is 0 Å². The van der Waals surface area contributed by atoms with E-state index in [0.717, 1.165) is 6.92 Å². The Morgan fingerprint density at radius 1 is 0.457 bits per heavy atom. The number of aliphatic imine (C=N–C) groups is 1. The number of aromatic hydroxyl groups is 1. The fourth-order valence-corrected chi connectivity index (χ4v) is 8.75. The third-order valence-corrected chi connectivity index (χ3v) is 14.2. The molecule has 1 aromatic rings. The number of nitrogens with zero attached hydrogens (tertiary/aromatic N) is 1. The zero-order valence-corrected chi connectivity index (χ0v) is 53.7. The number of hydrogen-bond acceptors (Lipinski definition) is 17. The summed E-state index contributed by atoms with van der Waals surface area (Å²) in [7, 11) is 0. The van der Waals surface area contributed by atoms with Gasteiger partial charge in [0.2, 0.25) is 82.7 Å². The van der Waals surface area contributed by atoms with Crippen LogP contribution in [-0.2, 0) is 78.3 Å². The van der Waals surface area contributed by atoms with Crippen LogP contribution >= 0.6 is 0 Å². The lowest BCUT2D eigenvalue weighted by Crippen LogP contribution is -2.61. The van der Waals surface area contributed by atoms with E-state index in [1.54, 1.807) is 41.5 Å². The fourth-order valence-electron chi connectivity index (χ4n) is 8.75. The Morgan fingerprint density at radius 2 is 0.837 bits per heavy atom. The molecule has 1 aromatic carbocycles. The van der Waals surface area contributed by atoms with E-state index in [0.29, 0.717) is 5.56 Å². The van der Waals surface area contributed by atoms with Gasteiger partial charge in [-0.1, -0.05) is 60.1 Å². The van der Waals surface area contributed by atoms with Crippen LogP contribution in [0.3, 0.4) is 0 Å². The maximum Gasteiger partial charge on any atom is 0.303 e. The lowest BCUT2D eigenvalue weighted by atomic mass is 9.97. The molecule has 34 heteroatoms. The van der Waals surface area contributed by atoms with Crippen molar-refractivity contribution in [3.63, 3.8) is 0 Å². The summed E-state index contributed by atoms with van der Waals surface area (Å²) in [5.74, 6) is -15.5. The lowest BCUT2D eigenvalue weighted by molar-refractivity contribution is -0.139. The van der Waals surface area contributed by atoms with E-state index in [9.17, 15) is 82.1 Å². The van der Waals surface area contributed by atoms with Crippen molar-refractivity contribution in [1.82, 2.24) is 58.5 Å². The second-order valence-corrected chi connectivity index (χ2v) is 23.1. The molecule has 0 radical (unpaired) electrons. The van der Waals surface area contributed by atoms with Gasteiger partial charge in [0.15, 0.2) is 5.96 Å².